The fourth-order valence-electron chi connectivity index (χ4n) is 3.62. The SMILES string of the molecule is CCNC(=NCc1cccc(Cl)c1)NCc1ccc(C(=O)N2CC(C)OC(C)C2)cc1. The molecule has 31 heavy (non-hydrogen) atoms. The molecule has 0 aromatic heterocycles. The summed E-state index contributed by atoms with van der Waals surface area (Å²) in [6.45, 7) is 9.21. The average molecular weight is 443 g/mol. The van der Waals surface area contributed by atoms with E-state index in [4.69, 9.17) is 16.3 Å². The van der Waals surface area contributed by atoms with E-state index in [1.807, 2.05) is 74.2 Å². The molecule has 3 rings (SSSR count). The van der Waals surface area contributed by atoms with Crippen LogP contribution >= 0.6 is 11.6 Å². The first kappa shape index (κ1) is 23.1. The van der Waals surface area contributed by atoms with Crippen LogP contribution in [0.25, 0.3) is 0 Å². The standard InChI is InChI=1S/C24H31ClN4O2/c1-4-26-24(28-14-20-6-5-7-22(25)12-20)27-13-19-8-10-21(11-9-19)23(30)29-15-17(2)31-18(3)16-29/h5-12,17-18H,4,13-16H2,1-3H3,(H2,26,27,28). The van der Waals surface area contributed by atoms with Crippen molar-refractivity contribution in [1.82, 2.24) is 15.5 Å². The van der Waals surface area contributed by atoms with Crippen molar-refractivity contribution >= 4 is 23.5 Å². The Balaban J connectivity index is 1.57. The largest absolute Gasteiger partial charge is 0.372 e. The summed E-state index contributed by atoms with van der Waals surface area (Å²) in [6.07, 6.45) is 0.124. The zero-order valence-electron chi connectivity index (χ0n) is 18.4. The van der Waals surface area contributed by atoms with E-state index in [-0.39, 0.29) is 18.1 Å². The molecular weight excluding hydrogens is 412 g/mol. The van der Waals surface area contributed by atoms with Gasteiger partial charge in [-0.05, 0) is 56.2 Å². The lowest BCUT2D eigenvalue weighted by atomic mass is 10.1. The molecule has 1 fully saturated rings. The second-order valence-electron chi connectivity index (χ2n) is 7.84. The summed E-state index contributed by atoms with van der Waals surface area (Å²) in [4.78, 5) is 19.3. The van der Waals surface area contributed by atoms with Crippen molar-refractivity contribution in [1.29, 1.82) is 0 Å². The normalized spacial score (nSPS) is 19.2. The van der Waals surface area contributed by atoms with Crippen molar-refractivity contribution in [2.45, 2.75) is 46.1 Å². The first-order chi connectivity index (χ1) is 14.9. The zero-order chi connectivity index (χ0) is 22.2. The van der Waals surface area contributed by atoms with Gasteiger partial charge in [0.2, 0.25) is 0 Å². The van der Waals surface area contributed by atoms with Crippen LogP contribution in [0.2, 0.25) is 5.02 Å². The van der Waals surface area contributed by atoms with Gasteiger partial charge in [-0.15, -0.1) is 0 Å². The molecule has 2 aromatic rings. The van der Waals surface area contributed by atoms with Crippen LogP contribution in [0.1, 0.15) is 42.3 Å². The van der Waals surface area contributed by atoms with Crippen LogP contribution in [0, 0.1) is 0 Å². The number of hydrogen-bond acceptors (Lipinski definition) is 3. The number of carbonyl (C=O) groups is 1. The van der Waals surface area contributed by atoms with E-state index in [1.165, 1.54) is 0 Å². The Morgan fingerprint density at radius 2 is 1.81 bits per heavy atom. The van der Waals surface area contributed by atoms with Crippen molar-refractivity contribution < 1.29 is 9.53 Å². The molecule has 2 atom stereocenters. The number of guanidine groups is 1. The van der Waals surface area contributed by atoms with E-state index >= 15 is 0 Å². The highest BCUT2D eigenvalue weighted by atomic mass is 35.5. The molecule has 2 N–H and O–H groups in total. The van der Waals surface area contributed by atoms with Crippen LogP contribution in [-0.2, 0) is 17.8 Å². The third kappa shape index (κ3) is 6.97. The summed E-state index contributed by atoms with van der Waals surface area (Å²) in [5.74, 6) is 0.789. The quantitative estimate of drug-likeness (QED) is 0.527. The zero-order valence-corrected chi connectivity index (χ0v) is 19.2. The van der Waals surface area contributed by atoms with Crippen molar-refractivity contribution in [3.8, 4) is 0 Å². The monoisotopic (exact) mass is 442 g/mol. The van der Waals surface area contributed by atoms with E-state index in [0.29, 0.717) is 36.8 Å². The number of carbonyl (C=O) groups excluding carboxylic acids is 1. The number of amides is 1. The summed E-state index contributed by atoms with van der Waals surface area (Å²) in [6, 6.07) is 15.4. The van der Waals surface area contributed by atoms with E-state index in [2.05, 4.69) is 15.6 Å². The van der Waals surface area contributed by atoms with Gasteiger partial charge in [-0.3, -0.25) is 4.79 Å². The van der Waals surface area contributed by atoms with Crippen molar-refractivity contribution in [3.05, 3.63) is 70.2 Å². The first-order valence-electron chi connectivity index (χ1n) is 10.7. The molecule has 0 aliphatic carbocycles. The Bertz CT molecular complexity index is 891. The Labute approximate surface area is 189 Å². The summed E-state index contributed by atoms with van der Waals surface area (Å²) < 4.78 is 5.72. The molecule has 1 aliphatic heterocycles. The van der Waals surface area contributed by atoms with Gasteiger partial charge in [0.1, 0.15) is 0 Å². The molecular formula is C24H31ClN4O2. The fraction of sp³-hybridized carbons (Fsp3) is 0.417. The van der Waals surface area contributed by atoms with Crippen molar-refractivity contribution in [2.24, 2.45) is 4.99 Å². The van der Waals surface area contributed by atoms with Crippen LogP contribution in [-0.4, -0.2) is 48.6 Å². The van der Waals surface area contributed by atoms with Crippen molar-refractivity contribution in [3.63, 3.8) is 0 Å². The molecule has 1 amide bonds. The van der Waals surface area contributed by atoms with Crippen LogP contribution in [0.3, 0.4) is 0 Å². The van der Waals surface area contributed by atoms with Crippen molar-refractivity contribution in [2.75, 3.05) is 19.6 Å². The van der Waals surface area contributed by atoms with E-state index in [0.717, 1.165) is 23.6 Å². The lowest BCUT2D eigenvalue weighted by Crippen LogP contribution is -2.48. The summed E-state index contributed by atoms with van der Waals surface area (Å²) in [7, 11) is 0. The highest BCUT2D eigenvalue weighted by Crippen LogP contribution is 2.15. The fourth-order valence-corrected chi connectivity index (χ4v) is 3.84. The number of nitrogens with zero attached hydrogens (tertiary/aromatic N) is 2. The Morgan fingerprint density at radius 1 is 1.10 bits per heavy atom. The predicted molar refractivity (Wildman–Crippen MR) is 125 cm³/mol. The maximum atomic E-state index is 12.8. The van der Waals surface area contributed by atoms with Crippen LogP contribution in [0.4, 0.5) is 0 Å². The molecule has 1 saturated heterocycles. The summed E-state index contributed by atoms with van der Waals surface area (Å²) >= 11 is 6.05. The number of hydrogen-bond donors (Lipinski definition) is 2. The third-order valence-electron chi connectivity index (χ3n) is 5.02. The summed E-state index contributed by atoms with van der Waals surface area (Å²) in [5.41, 5.74) is 2.83. The molecule has 0 spiro atoms. The molecule has 0 saturated carbocycles. The molecule has 6 nitrogen and oxygen atoms in total. The van der Waals surface area contributed by atoms with E-state index < -0.39 is 0 Å². The third-order valence-corrected chi connectivity index (χ3v) is 5.26. The average Bonchev–Trinajstić information content (AvgIpc) is 2.75. The van der Waals surface area contributed by atoms with Crippen LogP contribution < -0.4 is 10.6 Å². The van der Waals surface area contributed by atoms with Gasteiger partial charge >= 0.3 is 0 Å². The minimum Gasteiger partial charge on any atom is -0.372 e. The predicted octanol–water partition coefficient (Wildman–Crippen LogP) is 3.84. The van der Waals surface area contributed by atoms with Gasteiger partial charge in [0.15, 0.2) is 5.96 Å². The van der Waals surface area contributed by atoms with Crippen LogP contribution in [0.5, 0.6) is 0 Å². The van der Waals surface area contributed by atoms with E-state index in [1.54, 1.807) is 0 Å². The molecule has 0 bridgehead atoms. The number of nitrogens with one attached hydrogen (secondary N) is 2. The van der Waals surface area contributed by atoms with Gasteiger partial charge in [0.05, 0.1) is 18.8 Å². The number of halogens is 1. The molecule has 1 heterocycles. The highest BCUT2D eigenvalue weighted by Gasteiger charge is 2.26. The highest BCUT2D eigenvalue weighted by molar-refractivity contribution is 6.30. The minimum absolute atomic E-state index is 0.0536. The van der Waals surface area contributed by atoms with Gasteiger partial charge in [-0.1, -0.05) is 35.9 Å². The second kappa shape index (κ2) is 11.2. The Morgan fingerprint density at radius 3 is 2.45 bits per heavy atom. The first-order valence-corrected chi connectivity index (χ1v) is 11.1. The van der Waals surface area contributed by atoms with Gasteiger partial charge in [0, 0.05) is 36.8 Å². The Kier molecular flexibility index (Phi) is 8.32. The van der Waals surface area contributed by atoms with Gasteiger partial charge in [0.25, 0.3) is 5.91 Å². The van der Waals surface area contributed by atoms with Crippen LogP contribution in [0.15, 0.2) is 53.5 Å². The minimum atomic E-state index is 0.0536. The van der Waals surface area contributed by atoms with Gasteiger partial charge in [-0.25, -0.2) is 4.99 Å². The second-order valence-corrected chi connectivity index (χ2v) is 8.28. The maximum Gasteiger partial charge on any atom is 0.254 e. The topological polar surface area (TPSA) is 66.0 Å². The number of morpholine rings is 1. The summed E-state index contributed by atoms with van der Waals surface area (Å²) in [5, 5.41) is 7.30. The molecule has 1 aliphatic rings. The molecule has 2 unspecified atom stereocenters. The smallest absolute Gasteiger partial charge is 0.254 e. The Hall–Kier alpha value is -2.57. The van der Waals surface area contributed by atoms with Gasteiger partial charge in [-0.2, -0.15) is 0 Å². The maximum absolute atomic E-state index is 12.8. The molecule has 166 valence electrons. The lowest BCUT2D eigenvalue weighted by molar-refractivity contribution is -0.0586. The number of rotatable bonds is 6. The molecule has 2 aromatic carbocycles. The van der Waals surface area contributed by atoms with E-state index in [9.17, 15) is 4.79 Å². The number of aliphatic imine (C=N–C) groups is 1. The number of benzene rings is 2. The van der Waals surface area contributed by atoms with Gasteiger partial charge < -0.3 is 20.3 Å². The molecule has 7 heteroatoms. The molecule has 0 radical (unpaired) electrons. The number of ether oxygens (including phenoxy) is 1. The lowest BCUT2D eigenvalue weighted by Gasteiger charge is -2.35.